The van der Waals surface area contributed by atoms with Gasteiger partial charge >= 0.3 is 5.25 Å². The summed E-state index contributed by atoms with van der Waals surface area (Å²) in [5.74, 6) is -1.33. The maximum absolute atomic E-state index is 14.5. The molecule has 22 heavy (non-hydrogen) atoms. The van der Waals surface area contributed by atoms with E-state index in [4.69, 9.17) is 4.84 Å². The van der Waals surface area contributed by atoms with Gasteiger partial charge in [0.2, 0.25) is 0 Å². The molecule has 8 heteroatoms. The molecule has 1 aliphatic heterocycles. The molecule has 0 aliphatic carbocycles. The normalized spacial score (nSPS) is 17.8. The summed E-state index contributed by atoms with van der Waals surface area (Å²) in [6.07, 6.45) is 0.654. The van der Waals surface area contributed by atoms with Gasteiger partial charge in [-0.25, -0.2) is 12.8 Å². The minimum absolute atomic E-state index is 0.299. The minimum atomic E-state index is -5.21. The molecule has 0 spiro atoms. The predicted octanol–water partition coefficient (Wildman–Crippen LogP) is 3.45. The van der Waals surface area contributed by atoms with Crippen LogP contribution in [-0.4, -0.2) is 19.1 Å². The zero-order chi connectivity index (χ0) is 16.8. The van der Waals surface area contributed by atoms with Gasteiger partial charge in [-0.05, 0) is 25.5 Å². The smallest absolute Gasteiger partial charge is 0.379 e. The molecule has 0 aromatic heterocycles. The first-order valence-corrected chi connectivity index (χ1v) is 7.80. The van der Waals surface area contributed by atoms with Crippen LogP contribution in [0.15, 0.2) is 29.9 Å². The van der Waals surface area contributed by atoms with Crippen LogP contribution in [-0.2, 0) is 19.9 Å². The molecule has 1 aromatic carbocycles. The third-order valence-corrected chi connectivity index (χ3v) is 4.89. The highest BCUT2D eigenvalue weighted by molar-refractivity contribution is 8.06. The summed E-state index contributed by atoms with van der Waals surface area (Å²) in [5.41, 5.74) is -2.54. The standard InChI is InChI=1S/C14H14F3NO3S/c1-4-9-6-5-7-10(15)12(9)14(16,17)22(19,20)11-8-13(2,3)21-18-11/h4-7H,1,8H2,2-3H3. The lowest BCUT2D eigenvalue weighted by atomic mass is 10.1. The molecule has 0 fully saturated rings. The fourth-order valence-electron chi connectivity index (χ4n) is 2.05. The van der Waals surface area contributed by atoms with Crippen molar-refractivity contribution in [3.63, 3.8) is 0 Å². The molecule has 0 bridgehead atoms. The molecule has 2 rings (SSSR count). The second kappa shape index (κ2) is 5.12. The third kappa shape index (κ3) is 2.51. The van der Waals surface area contributed by atoms with Crippen molar-refractivity contribution >= 4 is 21.0 Å². The fraction of sp³-hybridized carbons (Fsp3) is 0.357. The molecular weight excluding hydrogens is 319 g/mol. The van der Waals surface area contributed by atoms with Crippen molar-refractivity contribution in [1.29, 1.82) is 0 Å². The van der Waals surface area contributed by atoms with Crippen LogP contribution in [0, 0.1) is 5.82 Å². The van der Waals surface area contributed by atoms with Gasteiger partial charge in [0.15, 0.2) is 5.04 Å². The van der Waals surface area contributed by atoms with Crippen molar-refractivity contribution in [2.45, 2.75) is 31.1 Å². The quantitative estimate of drug-likeness (QED) is 0.851. The summed E-state index contributed by atoms with van der Waals surface area (Å²) in [7, 11) is -5.21. The Morgan fingerprint density at radius 3 is 2.55 bits per heavy atom. The van der Waals surface area contributed by atoms with Crippen molar-refractivity contribution < 1.29 is 26.4 Å². The Hall–Kier alpha value is -1.83. The van der Waals surface area contributed by atoms with E-state index in [9.17, 15) is 21.6 Å². The largest absolute Gasteiger partial charge is 0.389 e. The van der Waals surface area contributed by atoms with E-state index in [0.29, 0.717) is 0 Å². The zero-order valence-corrected chi connectivity index (χ0v) is 12.8. The van der Waals surface area contributed by atoms with Crippen molar-refractivity contribution in [1.82, 2.24) is 0 Å². The SMILES string of the molecule is C=Cc1cccc(F)c1C(F)(F)S(=O)(=O)C1=NOC(C)(C)C1. The fourth-order valence-corrected chi connectivity index (χ4v) is 3.50. The minimum Gasteiger partial charge on any atom is -0.389 e. The highest BCUT2D eigenvalue weighted by Gasteiger charge is 2.55. The number of benzene rings is 1. The number of alkyl halides is 2. The molecule has 1 heterocycles. The summed E-state index contributed by atoms with van der Waals surface area (Å²) >= 11 is 0. The molecule has 0 atom stereocenters. The highest BCUT2D eigenvalue weighted by atomic mass is 32.2. The molecule has 0 unspecified atom stereocenters. The topological polar surface area (TPSA) is 55.7 Å². The van der Waals surface area contributed by atoms with Crippen LogP contribution in [0.5, 0.6) is 0 Å². The van der Waals surface area contributed by atoms with Gasteiger partial charge < -0.3 is 4.84 Å². The van der Waals surface area contributed by atoms with Gasteiger partial charge in [0.25, 0.3) is 9.84 Å². The number of nitrogens with zero attached hydrogens (tertiary/aromatic N) is 1. The Morgan fingerprint density at radius 1 is 1.41 bits per heavy atom. The average molecular weight is 333 g/mol. The second-order valence-corrected chi connectivity index (χ2v) is 7.43. The van der Waals surface area contributed by atoms with Crippen LogP contribution in [0.4, 0.5) is 13.2 Å². The van der Waals surface area contributed by atoms with Crippen molar-refractivity contribution in [2.24, 2.45) is 5.16 Å². The van der Waals surface area contributed by atoms with Gasteiger partial charge in [0.1, 0.15) is 11.4 Å². The first-order chi connectivity index (χ1) is 10.0. The van der Waals surface area contributed by atoms with Crippen molar-refractivity contribution in [3.8, 4) is 0 Å². The van der Waals surface area contributed by atoms with E-state index in [-0.39, 0.29) is 12.0 Å². The molecule has 120 valence electrons. The van der Waals surface area contributed by atoms with Crippen LogP contribution >= 0.6 is 0 Å². The third-order valence-electron chi connectivity index (χ3n) is 3.18. The van der Waals surface area contributed by atoms with Crippen LogP contribution in [0.2, 0.25) is 0 Å². The van der Waals surface area contributed by atoms with E-state index in [1.54, 1.807) is 0 Å². The Balaban J connectivity index is 2.58. The number of halogens is 3. The molecule has 0 radical (unpaired) electrons. The Kier molecular flexibility index (Phi) is 3.85. The van der Waals surface area contributed by atoms with Crippen LogP contribution in [0.3, 0.4) is 0 Å². The zero-order valence-electron chi connectivity index (χ0n) is 11.9. The van der Waals surface area contributed by atoms with Crippen LogP contribution in [0.25, 0.3) is 6.08 Å². The first kappa shape index (κ1) is 16.5. The van der Waals surface area contributed by atoms with E-state index < -0.39 is 37.1 Å². The van der Waals surface area contributed by atoms with E-state index >= 15 is 0 Å². The molecule has 0 saturated heterocycles. The molecule has 0 amide bonds. The van der Waals surface area contributed by atoms with E-state index in [2.05, 4.69) is 11.7 Å². The van der Waals surface area contributed by atoms with Crippen molar-refractivity contribution in [2.75, 3.05) is 0 Å². The number of hydrogen-bond donors (Lipinski definition) is 0. The predicted molar refractivity (Wildman–Crippen MR) is 76.5 cm³/mol. The van der Waals surface area contributed by atoms with Crippen LogP contribution < -0.4 is 0 Å². The average Bonchev–Trinajstić information content (AvgIpc) is 2.78. The van der Waals surface area contributed by atoms with Gasteiger partial charge in [0.05, 0.1) is 5.56 Å². The number of sulfone groups is 1. The Morgan fingerprint density at radius 2 is 2.05 bits per heavy atom. The maximum Gasteiger partial charge on any atom is 0.379 e. The second-order valence-electron chi connectivity index (χ2n) is 5.44. The molecule has 4 nitrogen and oxygen atoms in total. The van der Waals surface area contributed by atoms with Gasteiger partial charge in [-0.15, -0.1) is 0 Å². The van der Waals surface area contributed by atoms with Gasteiger partial charge in [-0.3, -0.25) is 0 Å². The van der Waals surface area contributed by atoms with E-state index in [0.717, 1.165) is 18.2 Å². The maximum atomic E-state index is 14.5. The number of oxime groups is 1. The molecular formula is C14H14F3NO3S. The van der Waals surface area contributed by atoms with E-state index in [1.165, 1.54) is 19.9 Å². The Bertz CT molecular complexity index is 755. The lowest BCUT2D eigenvalue weighted by Crippen LogP contribution is -2.35. The van der Waals surface area contributed by atoms with Crippen molar-refractivity contribution in [3.05, 3.63) is 41.7 Å². The summed E-state index contributed by atoms with van der Waals surface area (Å²) in [6, 6.07) is 3.12. The highest BCUT2D eigenvalue weighted by Crippen LogP contribution is 2.41. The molecule has 0 saturated carbocycles. The lowest BCUT2D eigenvalue weighted by molar-refractivity contribution is 0.0123. The lowest BCUT2D eigenvalue weighted by Gasteiger charge is -2.20. The van der Waals surface area contributed by atoms with Gasteiger partial charge in [0, 0.05) is 6.42 Å². The molecule has 1 aromatic rings. The number of rotatable bonds is 3. The molecule has 1 aliphatic rings. The van der Waals surface area contributed by atoms with Gasteiger partial charge in [-0.1, -0.05) is 29.9 Å². The molecule has 0 N–H and O–H groups in total. The Labute approximate surface area is 126 Å². The summed E-state index contributed by atoms with van der Waals surface area (Å²) in [5, 5.41) is -2.05. The monoisotopic (exact) mass is 333 g/mol. The summed E-state index contributed by atoms with van der Waals surface area (Å²) < 4.78 is 67.3. The van der Waals surface area contributed by atoms with E-state index in [1.807, 2.05) is 0 Å². The first-order valence-electron chi connectivity index (χ1n) is 6.32. The van der Waals surface area contributed by atoms with Crippen LogP contribution in [0.1, 0.15) is 31.4 Å². The number of hydrogen-bond acceptors (Lipinski definition) is 4. The summed E-state index contributed by atoms with van der Waals surface area (Å²) in [6.45, 7) is 6.32. The van der Waals surface area contributed by atoms with Gasteiger partial charge in [-0.2, -0.15) is 8.78 Å². The summed E-state index contributed by atoms with van der Waals surface area (Å²) in [4.78, 5) is 4.82.